The van der Waals surface area contributed by atoms with Gasteiger partial charge in [-0.3, -0.25) is 0 Å². The first-order chi connectivity index (χ1) is 12.7. The van der Waals surface area contributed by atoms with Crippen molar-refractivity contribution in [2.75, 3.05) is 13.1 Å². The molecule has 1 saturated carbocycles. The van der Waals surface area contributed by atoms with Crippen LogP contribution in [0.4, 0.5) is 0 Å². The monoisotopic (exact) mass is 353 g/mol. The van der Waals surface area contributed by atoms with Gasteiger partial charge in [-0.2, -0.15) is 0 Å². The van der Waals surface area contributed by atoms with E-state index in [4.69, 9.17) is 5.73 Å². The number of aromatic nitrogens is 1. The molecule has 2 heterocycles. The van der Waals surface area contributed by atoms with Crippen LogP contribution in [0.5, 0.6) is 0 Å². The smallest absolute Gasteiger partial charge is 0.0485 e. The van der Waals surface area contributed by atoms with E-state index in [1.165, 1.54) is 68.2 Å². The van der Waals surface area contributed by atoms with E-state index < -0.39 is 0 Å². The maximum absolute atomic E-state index is 6.07. The summed E-state index contributed by atoms with van der Waals surface area (Å²) in [5.74, 6) is 1.82. The minimum absolute atomic E-state index is 0.608. The number of piperidine rings is 1. The van der Waals surface area contributed by atoms with E-state index >= 15 is 0 Å². The van der Waals surface area contributed by atoms with Crippen LogP contribution >= 0.6 is 0 Å². The van der Waals surface area contributed by atoms with Crippen molar-refractivity contribution in [3.05, 3.63) is 36.0 Å². The van der Waals surface area contributed by atoms with Crippen LogP contribution in [0.3, 0.4) is 0 Å². The lowest BCUT2D eigenvalue weighted by Gasteiger charge is -2.42. The quantitative estimate of drug-likeness (QED) is 0.843. The number of rotatable bonds is 4. The average Bonchev–Trinajstić information content (AvgIpc) is 3.07. The zero-order chi connectivity index (χ0) is 18.1. The lowest BCUT2D eigenvalue weighted by molar-refractivity contribution is 0.0890. The van der Waals surface area contributed by atoms with E-state index in [0.29, 0.717) is 12.6 Å². The van der Waals surface area contributed by atoms with Gasteiger partial charge in [-0.15, -0.1) is 0 Å². The Balaban J connectivity index is 1.42. The Morgan fingerprint density at radius 2 is 1.65 bits per heavy atom. The minimum atomic E-state index is 0.608. The third-order valence-corrected chi connectivity index (χ3v) is 7.10. The van der Waals surface area contributed by atoms with Crippen molar-refractivity contribution >= 4 is 10.9 Å². The van der Waals surface area contributed by atoms with Crippen molar-refractivity contribution in [3.63, 3.8) is 0 Å². The highest BCUT2D eigenvalue weighted by Gasteiger charge is 2.30. The number of benzene rings is 1. The largest absolute Gasteiger partial charge is 0.340 e. The number of para-hydroxylation sites is 1. The zero-order valence-corrected chi connectivity index (χ0v) is 16.5. The highest BCUT2D eigenvalue weighted by molar-refractivity contribution is 5.81. The number of fused-ring (bicyclic) bond motifs is 1. The minimum Gasteiger partial charge on any atom is -0.340 e. The van der Waals surface area contributed by atoms with Crippen molar-refractivity contribution in [3.8, 4) is 0 Å². The first kappa shape index (κ1) is 18.1. The third-order valence-electron chi connectivity index (χ3n) is 7.10. The molecule has 2 N–H and O–H groups in total. The van der Waals surface area contributed by atoms with Gasteiger partial charge in [-0.25, -0.2) is 0 Å². The Bertz CT molecular complexity index is 716. The summed E-state index contributed by atoms with van der Waals surface area (Å²) in [6, 6.07) is 12.5. The van der Waals surface area contributed by atoms with Crippen LogP contribution in [0.25, 0.3) is 10.9 Å². The highest BCUT2D eigenvalue weighted by Crippen LogP contribution is 2.36. The van der Waals surface area contributed by atoms with Gasteiger partial charge in [0.05, 0.1) is 0 Å². The molecule has 0 spiro atoms. The van der Waals surface area contributed by atoms with Crippen LogP contribution in [0, 0.1) is 11.8 Å². The molecule has 0 bridgehead atoms. The zero-order valence-electron chi connectivity index (χ0n) is 16.5. The molecule has 1 aliphatic heterocycles. The number of likely N-dealkylation sites (tertiary alicyclic amines) is 1. The Morgan fingerprint density at radius 3 is 2.31 bits per heavy atom. The SMILES string of the molecule is CC(C)[C@H]1CC[C@@H](N2CCC(n3c(CN)cc4ccccc43)CC2)CC1. The van der Waals surface area contributed by atoms with Gasteiger partial charge >= 0.3 is 0 Å². The molecule has 0 atom stereocenters. The van der Waals surface area contributed by atoms with Gasteiger partial charge in [0.15, 0.2) is 0 Å². The van der Waals surface area contributed by atoms with Crippen LogP contribution in [0.1, 0.15) is 64.1 Å². The molecule has 1 aromatic heterocycles. The maximum atomic E-state index is 6.07. The molecule has 2 aromatic rings. The van der Waals surface area contributed by atoms with Gasteiger partial charge in [0.25, 0.3) is 0 Å². The summed E-state index contributed by atoms with van der Waals surface area (Å²) in [5.41, 5.74) is 8.73. The average molecular weight is 354 g/mol. The fourth-order valence-electron chi connectivity index (χ4n) is 5.46. The standard InChI is InChI=1S/C23H35N3/c1-17(2)18-7-9-20(10-8-18)25-13-11-21(12-14-25)26-22(16-24)15-19-5-3-4-6-23(19)26/h3-6,15,17-18,20-21H,7-14,16,24H2,1-2H3/t18-,20+. The highest BCUT2D eigenvalue weighted by atomic mass is 15.2. The molecule has 1 aliphatic carbocycles. The van der Waals surface area contributed by atoms with E-state index in [1.54, 1.807) is 0 Å². The molecule has 2 aliphatic rings. The van der Waals surface area contributed by atoms with E-state index in [2.05, 4.69) is 53.6 Å². The topological polar surface area (TPSA) is 34.2 Å². The maximum Gasteiger partial charge on any atom is 0.0485 e. The van der Waals surface area contributed by atoms with Crippen molar-refractivity contribution in [2.24, 2.45) is 17.6 Å². The van der Waals surface area contributed by atoms with Crippen LogP contribution in [0.15, 0.2) is 30.3 Å². The molecule has 3 nitrogen and oxygen atoms in total. The molecule has 1 aromatic carbocycles. The third kappa shape index (κ3) is 3.44. The van der Waals surface area contributed by atoms with E-state index in [0.717, 1.165) is 17.9 Å². The Kier molecular flexibility index (Phi) is 5.37. The molecule has 2 fully saturated rings. The number of hydrogen-bond acceptors (Lipinski definition) is 2. The Morgan fingerprint density at radius 1 is 0.962 bits per heavy atom. The molecule has 4 rings (SSSR count). The van der Waals surface area contributed by atoms with Gasteiger partial charge in [-0.05, 0) is 67.9 Å². The van der Waals surface area contributed by atoms with Gasteiger partial charge in [0, 0.05) is 42.9 Å². The Labute approximate surface area is 158 Å². The number of nitrogens with two attached hydrogens (primary N) is 1. The van der Waals surface area contributed by atoms with Crippen molar-refractivity contribution < 1.29 is 0 Å². The lowest BCUT2D eigenvalue weighted by Crippen LogP contribution is -2.44. The Hall–Kier alpha value is -1.32. The molecule has 0 amide bonds. The molecule has 0 unspecified atom stereocenters. The van der Waals surface area contributed by atoms with Crippen molar-refractivity contribution in [2.45, 2.75) is 71.0 Å². The number of hydrogen-bond donors (Lipinski definition) is 1. The summed E-state index contributed by atoms with van der Waals surface area (Å²) >= 11 is 0. The molecule has 0 radical (unpaired) electrons. The number of nitrogens with zero attached hydrogens (tertiary/aromatic N) is 2. The van der Waals surface area contributed by atoms with Crippen molar-refractivity contribution in [1.82, 2.24) is 9.47 Å². The summed E-state index contributed by atoms with van der Waals surface area (Å²) in [4.78, 5) is 2.79. The first-order valence-electron chi connectivity index (χ1n) is 10.7. The first-order valence-corrected chi connectivity index (χ1v) is 10.7. The van der Waals surface area contributed by atoms with Gasteiger partial charge in [0.2, 0.25) is 0 Å². The van der Waals surface area contributed by atoms with E-state index in [9.17, 15) is 0 Å². The van der Waals surface area contributed by atoms with Gasteiger partial charge < -0.3 is 15.2 Å². The summed E-state index contributed by atoms with van der Waals surface area (Å²) in [6.07, 6.45) is 8.21. The second-order valence-corrected chi connectivity index (χ2v) is 8.85. The fourth-order valence-corrected chi connectivity index (χ4v) is 5.46. The van der Waals surface area contributed by atoms with E-state index in [-0.39, 0.29) is 0 Å². The van der Waals surface area contributed by atoms with Crippen LogP contribution in [-0.4, -0.2) is 28.6 Å². The second-order valence-electron chi connectivity index (χ2n) is 8.85. The van der Waals surface area contributed by atoms with Gasteiger partial charge in [0.1, 0.15) is 0 Å². The fraction of sp³-hybridized carbons (Fsp3) is 0.652. The van der Waals surface area contributed by atoms with Crippen LogP contribution in [-0.2, 0) is 6.54 Å². The normalized spacial score (nSPS) is 26.0. The van der Waals surface area contributed by atoms with Crippen molar-refractivity contribution in [1.29, 1.82) is 0 Å². The van der Waals surface area contributed by atoms with Crippen LogP contribution < -0.4 is 5.73 Å². The van der Waals surface area contributed by atoms with E-state index in [1.807, 2.05) is 0 Å². The molecule has 3 heteroatoms. The second kappa shape index (κ2) is 7.74. The predicted molar refractivity (Wildman–Crippen MR) is 110 cm³/mol. The summed E-state index contributed by atoms with van der Waals surface area (Å²) in [7, 11) is 0. The summed E-state index contributed by atoms with van der Waals surface area (Å²) in [5, 5.41) is 1.34. The molecule has 142 valence electrons. The van der Waals surface area contributed by atoms with Crippen LogP contribution in [0.2, 0.25) is 0 Å². The molecular formula is C23H35N3. The molecule has 1 saturated heterocycles. The summed E-state index contributed by atoms with van der Waals surface area (Å²) < 4.78 is 2.54. The summed E-state index contributed by atoms with van der Waals surface area (Å²) in [6.45, 7) is 7.92. The van der Waals surface area contributed by atoms with Gasteiger partial charge in [-0.1, -0.05) is 32.0 Å². The molecule has 26 heavy (non-hydrogen) atoms. The lowest BCUT2D eigenvalue weighted by atomic mass is 9.79. The molecular weight excluding hydrogens is 318 g/mol. The predicted octanol–water partition coefficient (Wildman–Crippen LogP) is 4.95.